The number of carbonyl (C=O) groups excluding carboxylic acids is 2. The summed E-state index contributed by atoms with van der Waals surface area (Å²) in [5.41, 5.74) is 2.20. The summed E-state index contributed by atoms with van der Waals surface area (Å²) >= 11 is 0. The van der Waals surface area contributed by atoms with Crippen LogP contribution in [0.3, 0.4) is 0 Å². The van der Waals surface area contributed by atoms with E-state index >= 15 is 0 Å². The molecule has 126 valence electrons. The van der Waals surface area contributed by atoms with E-state index in [4.69, 9.17) is 0 Å². The topological polar surface area (TPSA) is 69.6 Å². The lowest BCUT2D eigenvalue weighted by atomic mass is 10.1. The first-order valence-corrected chi connectivity index (χ1v) is 8.32. The fourth-order valence-electron chi connectivity index (χ4n) is 2.78. The van der Waals surface area contributed by atoms with Crippen molar-refractivity contribution in [2.75, 3.05) is 6.54 Å². The van der Waals surface area contributed by atoms with Gasteiger partial charge in [-0.3, -0.25) is 9.59 Å². The monoisotopic (exact) mass is 318 g/mol. The van der Waals surface area contributed by atoms with Gasteiger partial charge in [0, 0.05) is 19.5 Å². The molecule has 1 saturated heterocycles. The minimum Gasteiger partial charge on any atom is -0.393 e. The normalized spacial score (nSPS) is 19.0. The van der Waals surface area contributed by atoms with Gasteiger partial charge in [-0.05, 0) is 31.7 Å². The molecule has 2 rings (SSSR count). The van der Waals surface area contributed by atoms with Gasteiger partial charge in [0.25, 0.3) is 0 Å². The number of hydrogen-bond donors (Lipinski definition) is 2. The number of amides is 2. The van der Waals surface area contributed by atoms with E-state index in [9.17, 15) is 14.7 Å². The Morgan fingerprint density at radius 3 is 2.74 bits per heavy atom. The Balaban J connectivity index is 1.93. The van der Waals surface area contributed by atoms with Gasteiger partial charge < -0.3 is 15.3 Å². The number of carbonyl (C=O) groups is 2. The average Bonchev–Trinajstić information content (AvgIpc) is 2.90. The summed E-state index contributed by atoms with van der Waals surface area (Å²) in [7, 11) is 0. The summed E-state index contributed by atoms with van der Waals surface area (Å²) in [4.78, 5) is 26.1. The van der Waals surface area contributed by atoms with Crippen molar-refractivity contribution in [2.24, 2.45) is 0 Å². The smallest absolute Gasteiger partial charge is 0.242 e. The minimum atomic E-state index is -0.400. The number of aliphatic hydroxyl groups excluding tert-OH is 1. The number of aliphatic hydroxyl groups is 1. The molecule has 1 aromatic rings. The predicted octanol–water partition coefficient (Wildman–Crippen LogP) is 1.76. The molecule has 1 aromatic carbocycles. The van der Waals surface area contributed by atoms with Gasteiger partial charge in [-0.15, -0.1) is 0 Å². The zero-order valence-corrected chi connectivity index (χ0v) is 13.9. The maximum absolute atomic E-state index is 12.3. The third-order valence-electron chi connectivity index (χ3n) is 4.35. The molecule has 23 heavy (non-hydrogen) atoms. The van der Waals surface area contributed by atoms with Crippen LogP contribution in [0.4, 0.5) is 0 Å². The molecule has 0 aromatic heterocycles. The molecule has 1 heterocycles. The van der Waals surface area contributed by atoms with Gasteiger partial charge in [-0.25, -0.2) is 0 Å². The van der Waals surface area contributed by atoms with Crippen LogP contribution in [0.1, 0.15) is 43.7 Å². The van der Waals surface area contributed by atoms with Crippen molar-refractivity contribution in [2.45, 2.75) is 58.2 Å². The first kappa shape index (κ1) is 17.5. The second-order valence-corrected chi connectivity index (χ2v) is 6.20. The van der Waals surface area contributed by atoms with E-state index in [1.54, 1.807) is 4.90 Å². The van der Waals surface area contributed by atoms with E-state index in [0.717, 1.165) is 5.56 Å². The lowest BCUT2D eigenvalue weighted by molar-refractivity contribution is -0.135. The zero-order valence-electron chi connectivity index (χ0n) is 13.9. The fourth-order valence-corrected chi connectivity index (χ4v) is 2.78. The number of benzene rings is 1. The van der Waals surface area contributed by atoms with E-state index in [2.05, 4.69) is 5.32 Å². The third-order valence-corrected chi connectivity index (χ3v) is 4.35. The first-order valence-electron chi connectivity index (χ1n) is 8.32. The first-order chi connectivity index (χ1) is 11.0. The van der Waals surface area contributed by atoms with E-state index in [1.165, 1.54) is 5.56 Å². The number of nitrogens with one attached hydrogen (secondary N) is 1. The van der Waals surface area contributed by atoms with Gasteiger partial charge >= 0.3 is 0 Å². The van der Waals surface area contributed by atoms with Crippen LogP contribution >= 0.6 is 0 Å². The SMILES string of the molecule is CCC(O)CCNC(=O)C1CCC(=O)N1Cc1ccc(C)cc1. The summed E-state index contributed by atoms with van der Waals surface area (Å²) in [6, 6.07) is 7.61. The largest absolute Gasteiger partial charge is 0.393 e. The molecule has 5 heteroatoms. The molecule has 5 nitrogen and oxygen atoms in total. The van der Waals surface area contributed by atoms with Gasteiger partial charge in [-0.2, -0.15) is 0 Å². The van der Waals surface area contributed by atoms with Crippen LogP contribution in [0, 0.1) is 6.92 Å². The Kier molecular flexibility index (Phi) is 6.16. The van der Waals surface area contributed by atoms with Gasteiger partial charge in [0.1, 0.15) is 6.04 Å². The molecule has 0 radical (unpaired) electrons. The molecule has 0 bridgehead atoms. The molecule has 2 N–H and O–H groups in total. The van der Waals surface area contributed by atoms with Crippen molar-refractivity contribution in [1.29, 1.82) is 0 Å². The Hall–Kier alpha value is -1.88. The van der Waals surface area contributed by atoms with Gasteiger partial charge in [0.2, 0.25) is 11.8 Å². The molecule has 2 atom stereocenters. The van der Waals surface area contributed by atoms with Crippen molar-refractivity contribution in [3.8, 4) is 0 Å². The Labute approximate surface area is 137 Å². The summed E-state index contributed by atoms with van der Waals surface area (Å²) in [5, 5.41) is 12.4. The summed E-state index contributed by atoms with van der Waals surface area (Å²) in [5.74, 6) is -0.0921. The molecular weight excluding hydrogens is 292 g/mol. The van der Waals surface area contributed by atoms with Crippen molar-refractivity contribution in [3.05, 3.63) is 35.4 Å². The van der Waals surface area contributed by atoms with Crippen LogP contribution in [0.15, 0.2) is 24.3 Å². The number of hydrogen-bond acceptors (Lipinski definition) is 3. The number of rotatable bonds is 7. The van der Waals surface area contributed by atoms with Crippen LogP contribution in [-0.2, 0) is 16.1 Å². The fraction of sp³-hybridized carbons (Fsp3) is 0.556. The lowest BCUT2D eigenvalue weighted by Gasteiger charge is -2.24. The summed E-state index contributed by atoms with van der Waals surface area (Å²) in [6.07, 6.45) is 1.82. The number of aryl methyl sites for hydroxylation is 1. The Morgan fingerprint density at radius 1 is 1.39 bits per heavy atom. The van der Waals surface area contributed by atoms with Gasteiger partial charge in [0.15, 0.2) is 0 Å². The molecule has 2 unspecified atom stereocenters. The second-order valence-electron chi connectivity index (χ2n) is 6.20. The second kappa shape index (κ2) is 8.11. The standard InChI is InChI=1S/C18H26N2O3/c1-3-15(21)10-11-19-18(23)16-8-9-17(22)20(16)12-14-6-4-13(2)5-7-14/h4-7,15-16,21H,3,8-12H2,1-2H3,(H,19,23). The van der Waals surface area contributed by atoms with Crippen molar-refractivity contribution in [1.82, 2.24) is 10.2 Å². The molecule has 0 saturated carbocycles. The van der Waals surface area contributed by atoms with E-state index in [1.807, 2.05) is 38.1 Å². The molecule has 1 aliphatic rings. The van der Waals surface area contributed by atoms with E-state index in [0.29, 0.717) is 38.8 Å². The maximum Gasteiger partial charge on any atom is 0.242 e. The highest BCUT2D eigenvalue weighted by molar-refractivity contribution is 5.90. The average molecular weight is 318 g/mol. The quantitative estimate of drug-likeness (QED) is 0.805. The molecule has 1 fully saturated rings. The van der Waals surface area contributed by atoms with E-state index < -0.39 is 6.04 Å². The van der Waals surface area contributed by atoms with Crippen LogP contribution in [0.5, 0.6) is 0 Å². The lowest BCUT2D eigenvalue weighted by Crippen LogP contribution is -2.44. The Morgan fingerprint density at radius 2 is 2.09 bits per heavy atom. The molecule has 1 aliphatic heterocycles. The van der Waals surface area contributed by atoms with Gasteiger partial charge in [0.05, 0.1) is 6.10 Å². The molecular formula is C18H26N2O3. The minimum absolute atomic E-state index is 0.0271. The highest BCUT2D eigenvalue weighted by atomic mass is 16.3. The van der Waals surface area contributed by atoms with Crippen molar-refractivity contribution >= 4 is 11.8 Å². The maximum atomic E-state index is 12.3. The number of likely N-dealkylation sites (tertiary alicyclic amines) is 1. The number of nitrogens with zero attached hydrogens (tertiary/aromatic N) is 1. The molecule has 2 amide bonds. The molecule has 0 spiro atoms. The van der Waals surface area contributed by atoms with Crippen LogP contribution in [-0.4, -0.2) is 40.5 Å². The highest BCUT2D eigenvalue weighted by Gasteiger charge is 2.35. The van der Waals surface area contributed by atoms with E-state index in [-0.39, 0.29) is 17.9 Å². The van der Waals surface area contributed by atoms with Crippen LogP contribution in [0.25, 0.3) is 0 Å². The summed E-state index contributed by atoms with van der Waals surface area (Å²) < 4.78 is 0. The Bertz CT molecular complexity index is 542. The van der Waals surface area contributed by atoms with Crippen LogP contribution in [0.2, 0.25) is 0 Å². The van der Waals surface area contributed by atoms with Crippen molar-refractivity contribution in [3.63, 3.8) is 0 Å². The highest BCUT2D eigenvalue weighted by Crippen LogP contribution is 2.22. The third kappa shape index (κ3) is 4.79. The predicted molar refractivity (Wildman–Crippen MR) is 88.7 cm³/mol. The van der Waals surface area contributed by atoms with Crippen molar-refractivity contribution < 1.29 is 14.7 Å². The zero-order chi connectivity index (χ0) is 16.8. The molecule has 0 aliphatic carbocycles. The van der Waals surface area contributed by atoms with Crippen LogP contribution < -0.4 is 5.32 Å². The van der Waals surface area contributed by atoms with Gasteiger partial charge in [-0.1, -0.05) is 36.8 Å². The summed E-state index contributed by atoms with van der Waals surface area (Å²) in [6.45, 7) is 4.84.